The number of carbonyl (C=O) groups is 2. The summed E-state index contributed by atoms with van der Waals surface area (Å²) < 4.78 is 5.31. The third kappa shape index (κ3) is 3.89. The zero-order valence-electron chi connectivity index (χ0n) is 13.1. The van der Waals surface area contributed by atoms with Crippen LogP contribution in [-0.2, 0) is 20.7 Å². The van der Waals surface area contributed by atoms with Gasteiger partial charge in [-0.2, -0.15) is 0 Å². The number of benzene rings is 1. The maximum atomic E-state index is 12.4. The number of nitrogens with one attached hydrogen (secondary N) is 2. The van der Waals surface area contributed by atoms with Crippen LogP contribution < -0.4 is 16.4 Å². The molecule has 2 aliphatic rings. The molecule has 1 unspecified atom stereocenters. The fourth-order valence-electron chi connectivity index (χ4n) is 3.17. The number of anilines is 2. The van der Waals surface area contributed by atoms with Crippen LogP contribution >= 0.6 is 0 Å². The molecule has 0 aliphatic carbocycles. The number of ether oxygens (including phenoxy) is 1. The van der Waals surface area contributed by atoms with E-state index in [0.717, 1.165) is 42.6 Å². The number of rotatable bonds is 3. The standard InChI is InChI=1S/C17H23N3O3/c18-16(11-6-8-23-9-7-11)17(22)19-13-4-5-14-12(10-13)2-1-3-15(21)20-14/h4-5,10-11,16H,1-3,6-9,18H2,(H,19,22)(H,20,21). The van der Waals surface area contributed by atoms with Crippen LogP contribution in [0.5, 0.6) is 0 Å². The second kappa shape index (κ2) is 7.10. The van der Waals surface area contributed by atoms with Gasteiger partial charge >= 0.3 is 0 Å². The molecule has 6 nitrogen and oxygen atoms in total. The molecule has 0 radical (unpaired) electrons. The van der Waals surface area contributed by atoms with Gasteiger partial charge in [-0.15, -0.1) is 0 Å². The Morgan fingerprint density at radius 2 is 2.09 bits per heavy atom. The molecular weight excluding hydrogens is 294 g/mol. The maximum Gasteiger partial charge on any atom is 0.241 e. The fraction of sp³-hybridized carbons (Fsp3) is 0.529. The van der Waals surface area contributed by atoms with E-state index in [2.05, 4.69) is 10.6 Å². The van der Waals surface area contributed by atoms with Gasteiger partial charge in [0, 0.05) is 31.0 Å². The number of hydrogen-bond donors (Lipinski definition) is 3. The van der Waals surface area contributed by atoms with Crippen LogP contribution in [0.25, 0.3) is 0 Å². The van der Waals surface area contributed by atoms with Gasteiger partial charge in [0.25, 0.3) is 0 Å². The first-order chi connectivity index (χ1) is 11.1. The molecule has 23 heavy (non-hydrogen) atoms. The molecule has 1 aromatic carbocycles. The quantitative estimate of drug-likeness (QED) is 0.790. The lowest BCUT2D eigenvalue weighted by atomic mass is 9.92. The van der Waals surface area contributed by atoms with Gasteiger partial charge in [0.05, 0.1) is 6.04 Å². The molecular formula is C17H23N3O3. The first kappa shape index (κ1) is 16.0. The van der Waals surface area contributed by atoms with Gasteiger partial charge < -0.3 is 21.1 Å². The van der Waals surface area contributed by atoms with Gasteiger partial charge in [0.2, 0.25) is 11.8 Å². The number of carbonyl (C=O) groups excluding carboxylic acids is 2. The highest BCUT2D eigenvalue weighted by Gasteiger charge is 2.26. The van der Waals surface area contributed by atoms with E-state index in [1.807, 2.05) is 12.1 Å². The average molecular weight is 317 g/mol. The van der Waals surface area contributed by atoms with E-state index in [0.29, 0.717) is 19.6 Å². The van der Waals surface area contributed by atoms with Crippen LogP contribution in [0.3, 0.4) is 0 Å². The first-order valence-electron chi connectivity index (χ1n) is 8.20. The molecule has 124 valence electrons. The van der Waals surface area contributed by atoms with Crippen molar-refractivity contribution in [3.63, 3.8) is 0 Å². The van der Waals surface area contributed by atoms with Gasteiger partial charge in [0.15, 0.2) is 0 Å². The average Bonchev–Trinajstić information content (AvgIpc) is 2.75. The Morgan fingerprint density at radius 3 is 2.87 bits per heavy atom. The van der Waals surface area contributed by atoms with Crippen molar-refractivity contribution < 1.29 is 14.3 Å². The summed E-state index contributed by atoms with van der Waals surface area (Å²) in [7, 11) is 0. The molecule has 2 amide bonds. The number of amides is 2. The van der Waals surface area contributed by atoms with Crippen molar-refractivity contribution in [2.24, 2.45) is 11.7 Å². The Labute approximate surface area is 135 Å². The molecule has 6 heteroatoms. The van der Waals surface area contributed by atoms with Crippen LogP contribution in [0.4, 0.5) is 11.4 Å². The van der Waals surface area contributed by atoms with Gasteiger partial charge in [-0.05, 0) is 55.4 Å². The Balaban J connectivity index is 1.66. The van der Waals surface area contributed by atoms with Crippen LogP contribution in [-0.4, -0.2) is 31.1 Å². The van der Waals surface area contributed by atoms with Crippen LogP contribution in [0.2, 0.25) is 0 Å². The number of nitrogens with two attached hydrogens (primary N) is 1. The lowest BCUT2D eigenvalue weighted by molar-refractivity contribution is -0.119. The highest BCUT2D eigenvalue weighted by Crippen LogP contribution is 2.26. The Bertz CT molecular complexity index is 597. The minimum Gasteiger partial charge on any atom is -0.381 e. The van der Waals surface area contributed by atoms with E-state index in [4.69, 9.17) is 10.5 Å². The van der Waals surface area contributed by atoms with Crippen molar-refractivity contribution in [3.05, 3.63) is 23.8 Å². The number of aryl methyl sites for hydroxylation is 1. The molecule has 2 heterocycles. The van der Waals surface area contributed by atoms with Crippen LogP contribution in [0, 0.1) is 5.92 Å². The summed E-state index contributed by atoms with van der Waals surface area (Å²) in [4.78, 5) is 23.9. The molecule has 0 saturated carbocycles. The zero-order chi connectivity index (χ0) is 16.2. The lowest BCUT2D eigenvalue weighted by Gasteiger charge is -2.26. The fourth-order valence-corrected chi connectivity index (χ4v) is 3.17. The summed E-state index contributed by atoms with van der Waals surface area (Å²) in [5.41, 5.74) is 8.71. The highest BCUT2D eigenvalue weighted by atomic mass is 16.5. The summed E-state index contributed by atoms with van der Waals surface area (Å²) in [6.07, 6.45) is 3.82. The second-order valence-corrected chi connectivity index (χ2v) is 6.24. The van der Waals surface area contributed by atoms with Crippen LogP contribution in [0.15, 0.2) is 18.2 Å². The Kier molecular flexibility index (Phi) is 4.93. The minimum atomic E-state index is -0.516. The van der Waals surface area contributed by atoms with E-state index in [-0.39, 0.29) is 17.7 Å². The number of fused-ring (bicyclic) bond motifs is 1. The monoisotopic (exact) mass is 317 g/mol. The minimum absolute atomic E-state index is 0.0436. The molecule has 1 saturated heterocycles. The van der Waals surface area contributed by atoms with Gasteiger partial charge in [0.1, 0.15) is 0 Å². The molecule has 1 aromatic rings. The predicted octanol–water partition coefficient (Wildman–Crippen LogP) is 1.65. The molecule has 0 aromatic heterocycles. The summed E-state index contributed by atoms with van der Waals surface area (Å²) in [5, 5.41) is 5.79. The SMILES string of the molecule is NC(C(=O)Nc1ccc2c(c1)CCCC(=O)N2)C1CCOCC1. The maximum absolute atomic E-state index is 12.4. The molecule has 0 bridgehead atoms. The molecule has 2 aliphatic heterocycles. The second-order valence-electron chi connectivity index (χ2n) is 6.24. The molecule has 4 N–H and O–H groups in total. The number of hydrogen-bond acceptors (Lipinski definition) is 4. The van der Waals surface area contributed by atoms with Gasteiger partial charge in [-0.1, -0.05) is 0 Å². The van der Waals surface area contributed by atoms with Crippen LogP contribution in [0.1, 0.15) is 31.2 Å². The topological polar surface area (TPSA) is 93.5 Å². The molecule has 1 fully saturated rings. The van der Waals surface area contributed by atoms with E-state index in [1.54, 1.807) is 6.07 Å². The largest absolute Gasteiger partial charge is 0.381 e. The third-order valence-electron chi connectivity index (χ3n) is 4.57. The van der Waals surface area contributed by atoms with Gasteiger partial charge in [-0.3, -0.25) is 9.59 Å². The van der Waals surface area contributed by atoms with Crippen molar-refractivity contribution in [1.29, 1.82) is 0 Å². The lowest BCUT2D eigenvalue weighted by Crippen LogP contribution is -2.44. The summed E-state index contributed by atoms with van der Waals surface area (Å²) in [5.74, 6) is 0.0560. The molecule has 3 rings (SSSR count). The summed E-state index contributed by atoms with van der Waals surface area (Å²) in [6, 6.07) is 5.06. The first-order valence-corrected chi connectivity index (χ1v) is 8.20. The van der Waals surface area contributed by atoms with E-state index in [1.165, 1.54) is 0 Å². The van der Waals surface area contributed by atoms with E-state index in [9.17, 15) is 9.59 Å². The third-order valence-corrected chi connectivity index (χ3v) is 4.57. The summed E-state index contributed by atoms with van der Waals surface area (Å²) >= 11 is 0. The molecule has 1 atom stereocenters. The zero-order valence-corrected chi connectivity index (χ0v) is 13.1. The smallest absolute Gasteiger partial charge is 0.241 e. The van der Waals surface area contributed by atoms with E-state index >= 15 is 0 Å². The van der Waals surface area contributed by atoms with Gasteiger partial charge in [-0.25, -0.2) is 0 Å². The molecule has 0 spiro atoms. The highest BCUT2D eigenvalue weighted by molar-refractivity contribution is 5.96. The Morgan fingerprint density at radius 1 is 1.30 bits per heavy atom. The Hall–Kier alpha value is -1.92. The van der Waals surface area contributed by atoms with Crippen molar-refractivity contribution in [1.82, 2.24) is 0 Å². The normalized spacial score (nSPS) is 20.1. The van der Waals surface area contributed by atoms with Crippen molar-refractivity contribution in [3.8, 4) is 0 Å². The summed E-state index contributed by atoms with van der Waals surface area (Å²) in [6.45, 7) is 1.34. The predicted molar refractivity (Wildman–Crippen MR) is 88.2 cm³/mol. The van der Waals surface area contributed by atoms with Crippen molar-refractivity contribution in [2.45, 2.75) is 38.1 Å². The van der Waals surface area contributed by atoms with Crippen molar-refractivity contribution in [2.75, 3.05) is 23.8 Å². The van der Waals surface area contributed by atoms with E-state index < -0.39 is 6.04 Å². The van der Waals surface area contributed by atoms with Crippen molar-refractivity contribution >= 4 is 23.2 Å².